The quantitative estimate of drug-likeness (QED) is 0.848. The molecule has 0 atom stereocenters. The Hall–Kier alpha value is -1.23. The largest absolute Gasteiger partial charge is 0.493 e. The molecule has 5 heteroatoms. The van der Waals surface area contributed by atoms with Crippen molar-refractivity contribution in [3.05, 3.63) is 29.8 Å². The molecule has 0 spiro atoms. The lowest BCUT2D eigenvalue weighted by Gasteiger charge is -2.11. The first-order valence-electron chi connectivity index (χ1n) is 4.91. The van der Waals surface area contributed by atoms with Gasteiger partial charge in [0.2, 0.25) is 0 Å². The average molecular weight is 234 g/mol. The van der Waals surface area contributed by atoms with Crippen molar-refractivity contribution < 1.29 is 23.0 Å². The van der Waals surface area contributed by atoms with Crippen LogP contribution >= 0.6 is 0 Å². The summed E-state index contributed by atoms with van der Waals surface area (Å²) in [7, 11) is 0. The van der Waals surface area contributed by atoms with Crippen LogP contribution in [0.2, 0.25) is 0 Å². The second-order valence-electron chi connectivity index (χ2n) is 3.29. The van der Waals surface area contributed by atoms with E-state index in [4.69, 9.17) is 9.84 Å². The number of alkyl halides is 3. The summed E-state index contributed by atoms with van der Waals surface area (Å²) in [6.45, 7) is -0.453. The maximum atomic E-state index is 11.9. The summed E-state index contributed by atoms with van der Waals surface area (Å²) in [5, 5.41) is 8.76. The van der Waals surface area contributed by atoms with E-state index in [0.717, 1.165) is 0 Å². The summed E-state index contributed by atoms with van der Waals surface area (Å²) in [5.41, 5.74) is 0.715. The van der Waals surface area contributed by atoms with Crippen molar-refractivity contribution in [3.63, 3.8) is 0 Å². The summed E-state index contributed by atoms with van der Waals surface area (Å²) in [6.07, 6.45) is -4.80. The number of para-hydroxylation sites is 1. The lowest BCUT2D eigenvalue weighted by Crippen LogP contribution is -2.13. The summed E-state index contributed by atoms with van der Waals surface area (Å²) in [5.74, 6) is 0.404. The Kier molecular flexibility index (Phi) is 4.61. The molecule has 16 heavy (non-hydrogen) atoms. The van der Waals surface area contributed by atoms with Crippen molar-refractivity contribution in [2.45, 2.75) is 19.0 Å². The number of rotatable bonds is 5. The van der Waals surface area contributed by atoms with Gasteiger partial charge >= 0.3 is 6.18 Å². The van der Waals surface area contributed by atoms with E-state index in [1.54, 1.807) is 24.3 Å². The van der Waals surface area contributed by atoms with Gasteiger partial charge in [0.15, 0.2) is 0 Å². The number of halogens is 3. The van der Waals surface area contributed by atoms with Gasteiger partial charge in [0.25, 0.3) is 0 Å². The highest BCUT2D eigenvalue weighted by Crippen LogP contribution is 2.22. The molecular formula is C11H13F3O2. The van der Waals surface area contributed by atoms with Crippen LogP contribution in [0.25, 0.3) is 0 Å². The van der Waals surface area contributed by atoms with Gasteiger partial charge in [0.1, 0.15) is 5.75 Å². The van der Waals surface area contributed by atoms with Crippen molar-refractivity contribution in [2.75, 3.05) is 13.2 Å². The third-order valence-electron chi connectivity index (χ3n) is 2.00. The molecule has 0 radical (unpaired) electrons. The number of aliphatic hydroxyl groups excluding tert-OH is 1. The van der Waals surface area contributed by atoms with Crippen molar-refractivity contribution in [1.82, 2.24) is 0 Å². The van der Waals surface area contributed by atoms with Gasteiger partial charge in [-0.25, -0.2) is 0 Å². The predicted octanol–water partition coefficient (Wildman–Crippen LogP) is 2.55. The van der Waals surface area contributed by atoms with Crippen LogP contribution in [0.15, 0.2) is 24.3 Å². The van der Waals surface area contributed by atoms with Crippen LogP contribution in [-0.4, -0.2) is 24.5 Å². The SMILES string of the molecule is OCCc1ccccc1OCCC(F)(F)F. The fourth-order valence-electron chi connectivity index (χ4n) is 1.25. The van der Waals surface area contributed by atoms with Crippen LogP contribution in [0.4, 0.5) is 13.2 Å². The smallest absolute Gasteiger partial charge is 0.392 e. The maximum Gasteiger partial charge on any atom is 0.392 e. The standard InChI is InChI=1S/C11H13F3O2/c12-11(13,14)6-8-16-10-4-2-1-3-9(10)5-7-15/h1-4,15H,5-8H2. The van der Waals surface area contributed by atoms with E-state index in [-0.39, 0.29) is 6.61 Å². The molecule has 0 unspecified atom stereocenters. The summed E-state index contributed by atoms with van der Waals surface area (Å²) in [4.78, 5) is 0. The highest BCUT2D eigenvalue weighted by atomic mass is 19.4. The molecule has 0 heterocycles. The predicted molar refractivity (Wildman–Crippen MR) is 53.4 cm³/mol. The van der Waals surface area contributed by atoms with E-state index in [2.05, 4.69) is 0 Å². The second-order valence-corrected chi connectivity index (χ2v) is 3.29. The van der Waals surface area contributed by atoms with Gasteiger partial charge < -0.3 is 9.84 Å². The number of hydrogen-bond acceptors (Lipinski definition) is 2. The Balaban J connectivity index is 2.52. The van der Waals surface area contributed by atoms with Gasteiger partial charge in [0, 0.05) is 6.61 Å². The summed E-state index contributed by atoms with van der Waals surface area (Å²) >= 11 is 0. The molecule has 90 valence electrons. The van der Waals surface area contributed by atoms with Crippen molar-refractivity contribution in [2.24, 2.45) is 0 Å². The molecule has 0 saturated heterocycles. The van der Waals surface area contributed by atoms with Gasteiger partial charge in [-0.2, -0.15) is 13.2 Å². The molecule has 2 nitrogen and oxygen atoms in total. The first kappa shape index (κ1) is 12.8. The van der Waals surface area contributed by atoms with Crippen LogP contribution in [0.3, 0.4) is 0 Å². The fraction of sp³-hybridized carbons (Fsp3) is 0.455. The molecular weight excluding hydrogens is 221 g/mol. The Morgan fingerprint density at radius 2 is 1.88 bits per heavy atom. The first-order chi connectivity index (χ1) is 7.53. The fourth-order valence-corrected chi connectivity index (χ4v) is 1.25. The van der Waals surface area contributed by atoms with Crippen LogP contribution in [0, 0.1) is 0 Å². The van der Waals surface area contributed by atoms with Crippen LogP contribution in [-0.2, 0) is 6.42 Å². The van der Waals surface area contributed by atoms with E-state index in [0.29, 0.717) is 17.7 Å². The molecule has 1 aromatic carbocycles. The van der Waals surface area contributed by atoms with E-state index in [9.17, 15) is 13.2 Å². The Morgan fingerprint density at radius 1 is 1.19 bits per heavy atom. The normalized spacial score (nSPS) is 11.5. The van der Waals surface area contributed by atoms with Crippen LogP contribution in [0.5, 0.6) is 5.75 Å². The van der Waals surface area contributed by atoms with E-state index < -0.39 is 19.2 Å². The average Bonchev–Trinajstić information content (AvgIpc) is 2.19. The van der Waals surface area contributed by atoms with Gasteiger partial charge in [-0.1, -0.05) is 18.2 Å². The van der Waals surface area contributed by atoms with Crippen molar-refractivity contribution in [1.29, 1.82) is 0 Å². The van der Waals surface area contributed by atoms with Gasteiger partial charge in [0.05, 0.1) is 13.0 Å². The van der Waals surface area contributed by atoms with Crippen LogP contribution < -0.4 is 4.74 Å². The maximum absolute atomic E-state index is 11.9. The highest BCUT2D eigenvalue weighted by molar-refractivity contribution is 5.33. The number of benzene rings is 1. The Morgan fingerprint density at radius 3 is 2.50 bits per heavy atom. The third-order valence-corrected chi connectivity index (χ3v) is 2.00. The minimum Gasteiger partial charge on any atom is -0.493 e. The molecule has 1 aromatic rings. The molecule has 0 fully saturated rings. The molecule has 0 aliphatic carbocycles. The molecule has 0 saturated carbocycles. The number of ether oxygens (including phenoxy) is 1. The van der Waals surface area contributed by atoms with E-state index >= 15 is 0 Å². The van der Waals surface area contributed by atoms with Gasteiger partial charge in [-0.15, -0.1) is 0 Å². The van der Waals surface area contributed by atoms with Crippen molar-refractivity contribution >= 4 is 0 Å². The zero-order valence-electron chi connectivity index (χ0n) is 8.63. The topological polar surface area (TPSA) is 29.5 Å². The van der Waals surface area contributed by atoms with Gasteiger partial charge in [-0.05, 0) is 18.1 Å². The number of aliphatic hydroxyl groups is 1. The first-order valence-corrected chi connectivity index (χ1v) is 4.91. The zero-order chi connectivity index (χ0) is 12.0. The molecule has 1 rings (SSSR count). The molecule has 0 aromatic heterocycles. The molecule has 0 aliphatic rings. The molecule has 1 N–H and O–H groups in total. The highest BCUT2D eigenvalue weighted by Gasteiger charge is 2.26. The van der Waals surface area contributed by atoms with Crippen LogP contribution in [0.1, 0.15) is 12.0 Å². The van der Waals surface area contributed by atoms with E-state index in [1.165, 1.54) is 0 Å². The lowest BCUT2D eigenvalue weighted by molar-refractivity contribution is -0.139. The Bertz CT molecular complexity index is 323. The third kappa shape index (κ3) is 4.53. The Labute approximate surface area is 91.7 Å². The monoisotopic (exact) mass is 234 g/mol. The lowest BCUT2D eigenvalue weighted by atomic mass is 10.1. The van der Waals surface area contributed by atoms with Gasteiger partial charge in [-0.3, -0.25) is 0 Å². The zero-order valence-corrected chi connectivity index (χ0v) is 8.63. The second kappa shape index (κ2) is 5.75. The molecule has 0 bridgehead atoms. The summed E-state index contributed by atoms with van der Waals surface area (Å²) in [6, 6.07) is 6.76. The molecule has 0 aliphatic heterocycles. The summed E-state index contributed by atoms with van der Waals surface area (Å²) < 4.78 is 40.7. The minimum atomic E-state index is -4.20. The number of hydrogen-bond donors (Lipinski definition) is 1. The molecule has 0 amide bonds. The van der Waals surface area contributed by atoms with E-state index in [1.807, 2.05) is 0 Å². The minimum absolute atomic E-state index is 0.0559. The van der Waals surface area contributed by atoms with Crippen molar-refractivity contribution in [3.8, 4) is 5.75 Å².